The highest BCUT2D eigenvalue weighted by Crippen LogP contribution is 2.19. The Hall–Kier alpha value is -2.91. The van der Waals surface area contributed by atoms with Crippen LogP contribution in [0.15, 0.2) is 89.9 Å². The molecule has 0 radical (unpaired) electrons. The van der Waals surface area contributed by atoms with Crippen LogP contribution in [-0.2, 0) is 16.0 Å². The molecule has 4 heteroatoms. The Morgan fingerprint density at radius 2 is 1.37 bits per heavy atom. The van der Waals surface area contributed by atoms with Gasteiger partial charge in [0.1, 0.15) is 5.60 Å². The van der Waals surface area contributed by atoms with Crippen molar-refractivity contribution in [3.8, 4) is 0 Å². The van der Waals surface area contributed by atoms with E-state index in [-0.39, 0.29) is 5.97 Å². The topological polar surface area (TPSA) is 38.7 Å². The van der Waals surface area contributed by atoms with E-state index in [1.54, 1.807) is 0 Å². The lowest BCUT2D eigenvalue weighted by molar-refractivity contribution is -0.156. The van der Waals surface area contributed by atoms with Gasteiger partial charge in [0, 0.05) is 22.6 Å². The summed E-state index contributed by atoms with van der Waals surface area (Å²) in [6.07, 6.45) is 0.426. The molecule has 0 aliphatic rings. The predicted molar refractivity (Wildman–Crippen MR) is 123 cm³/mol. The van der Waals surface area contributed by atoms with Crippen LogP contribution in [-0.4, -0.2) is 23.3 Å². The maximum Gasteiger partial charge on any atom is 0.331 e. The lowest BCUT2D eigenvalue weighted by Gasteiger charge is -2.23. The first-order valence-corrected chi connectivity index (χ1v) is 10.4. The number of rotatable bonds is 6. The van der Waals surface area contributed by atoms with Gasteiger partial charge in [-0.25, -0.2) is 4.79 Å². The lowest BCUT2D eigenvalue weighted by atomic mass is 10.0. The van der Waals surface area contributed by atoms with E-state index in [4.69, 9.17) is 21.3 Å². The van der Waals surface area contributed by atoms with Crippen LogP contribution in [0.5, 0.6) is 0 Å². The number of hydrogen-bond acceptors (Lipinski definition) is 3. The first-order valence-electron chi connectivity index (χ1n) is 9.98. The van der Waals surface area contributed by atoms with Crippen LogP contribution in [0.3, 0.4) is 0 Å². The molecule has 30 heavy (non-hydrogen) atoms. The average Bonchev–Trinajstić information content (AvgIpc) is 2.72. The molecular formula is C26H26ClNO2. The summed E-state index contributed by atoms with van der Waals surface area (Å²) in [6.45, 7) is 5.59. The van der Waals surface area contributed by atoms with Gasteiger partial charge in [-0.3, -0.25) is 4.99 Å². The van der Waals surface area contributed by atoms with E-state index in [1.807, 2.05) is 106 Å². The van der Waals surface area contributed by atoms with Crippen LogP contribution in [0.2, 0.25) is 5.02 Å². The normalized spacial score (nSPS) is 12.1. The highest BCUT2D eigenvalue weighted by Gasteiger charge is 2.26. The van der Waals surface area contributed by atoms with Gasteiger partial charge >= 0.3 is 5.97 Å². The molecule has 0 saturated carbocycles. The Bertz CT molecular complexity index is 949. The van der Waals surface area contributed by atoms with Crippen molar-refractivity contribution in [1.29, 1.82) is 0 Å². The van der Waals surface area contributed by atoms with E-state index < -0.39 is 11.6 Å². The summed E-state index contributed by atoms with van der Waals surface area (Å²) in [5, 5.41) is 0.658. The average molecular weight is 420 g/mol. The highest BCUT2D eigenvalue weighted by molar-refractivity contribution is 6.30. The molecule has 1 atom stereocenters. The fourth-order valence-corrected chi connectivity index (χ4v) is 3.18. The smallest absolute Gasteiger partial charge is 0.331 e. The summed E-state index contributed by atoms with van der Waals surface area (Å²) in [7, 11) is 0. The molecule has 0 heterocycles. The molecule has 154 valence electrons. The molecular weight excluding hydrogens is 394 g/mol. The van der Waals surface area contributed by atoms with Gasteiger partial charge in [0.05, 0.1) is 5.71 Å². The van der Waals surface area contributed by atoms with Gasteiger partial charge in [-0.05, 0) is 38.5 Å². The van der Waals surface area contributed by atoms with Gasteiger partial charge in [-0.15, -0.1) is 0 Å². The summed E-state index contributed by atoms with van der Waals surface area (Å²) in [4.78, 5) is 18.0. The molecule has 3 rings (SSSR count). The summed E-state index contributed by atoms with van der Waals surface area (Å²) in [5.41, 5.74) is 3.05. The number of ether oxygens (including phenoxy) is 1. The quantitative estimate of drug-likeness (QED) is 0.356. The minimum absolute atomic E-state index is 0.346. The molecule has 0 aromatic heterocycles. The molecule has 0 unspecified atom stereocenters. The van der Waals surface area contributed by atoms with Crippen LogP contribution in [0.1, 0.15) is 37.5 Å². The van der Waals surface area contributed by atoms with E-state index in [1.165, 1.54) is 0 Å². The lowest BCUT2D eigenvalue weighted by Crippen LogP contribution is -2.33. The van der Waals surface area contributed by atoms with Gasteiger partial charge in [-0.2, -0.15) is 0 Å². The first kappa shape index (κ1) is 21.8. The Labute approximate surface area is 183 Å². The molecule has 0 bridgehead atoms. The van der Waals surface area contributed by atoms with Crippen molar-refractivity contribution in [2.75, 3.05) is 0 Å². The van der Waals surface area contributed by atoms with Gasteiger partial charge in [0.25, 0.3) is 0 Å². The van der Waals surface area contributed by atoms with Crippen LogP contribution >= 0.6 is 11.6 Å². The van der Waals surface area contributed by atoms with Crippen LogP contribution in [0.4, 0.5) is 0 Å². The standard InChI is InChI=1S/C26H26ClNO2/c1-26(2,3)30-25(29)23(18-19-14-16-22(27)17-15-19)28-24(20-10-6-4-7-11-20)21-12-8-5-9-13-21/h4-17,23H,18H2,1-3H3/t23-/m0/s1. The molecule has 0 spiro atoms. The molecule has 0 amide bonds. The predicted octanol–water partition coefficient (Wildman–Crippen LogP) is 6.13. The molecule has 3 aromatic rings. The molecule has 3 aromatic carbocycles. The van der Waals surface area contributed by atoms with Gasteiger partial charge in [0.2, 0.25) is 0 Å². The zero-order valence-electron chi connectivity index (χ0n) is 17.5. The van der Waals surface area contributed by atoms with Crippen molar-refractivity contribution in [3.05, 3.63) is 107 Å². The van der Waals surface area contributed by atoms with E-state index in [9.17, 15) is 4.79 Å². The summed E-state index contributed by atoms with van der Waals surface area (Å²) in [5.74, 6) is -0.346. The zero-order valence-corrected chi connectivity index (χ0v) is 18.3. The minimum Gasteiger partial charge on any atom is -0.458 e. The Kier molecular flexibility index (Phi) is 7.07. The van der Waals surface area contributed by atoms with Crippen molar-refractivity contribution < 1.29 is 9.53 Å². The van der Waals surface area contributed by atoms with Crippen molar-refractivity contribution in [2.24, 2.45) is 4.99 Å². The van der Waals surface area contributed by atoms with Crippen LogP contribution < -0.4 is 0 Å². The van der Waals surface area contributed by atoms with Crippen LogP contribution in [0, 0.1) is 0 Å². The van der Waals surface area contributed by atoms with E-state index in [0.717, 1.165) is 22.4 Å². The number of carbonyl (C=O) groups excluding carboxylic acids is 1. The first-order chi connectivity index (χ1) is 14.3. The summed E-state index contributed by atoms with van der Waals surface area (Å²) < 4.78 is 5.70. The zero-order chi connectivity index (χ0) is 21.6. The molecule has 0 N–H and O–H groups in total. The van der Waals surface area contributed by atoms with Crippen molar-refractivity contribution >= 4 is 23.3 Å². The molecule has 0 fully saturated rings. The van der Waals surface area contributed by atoms with Crippen molar-refractivity contribution in [1.82, 2.24) is 0 Å². The van der Waals surface area contributed by atoms with Gasteiger partial charge in [0.15, 0.2) is 6.04 Å². The van der Waals surface area contributed by atoms with Crippen molar-refractivity contribution in [2.45, 2.75) is 38.8 Å². The van der Waals surface area contributed by atoms with E-state index in [2.05, 4.69) is 0 Å². The van der Waals surface area contributed by atoms with Gasteiger partial charge < -0.3 is 4.74 Å². The van der Waals surface area contributed by atoms with Crippen LogP contribution in [0.25, 0.3) is 0 Å². The largest absolute Gasteiger partial charge is 0.458 e. The highest BCUT2D eigenvalue weighted by atomic mass is 35.5. The summed E-state index contributed by atoms with van der Waals surface area (Å²) >= 11 is 6.02. The number of halogens is 1. The number of carbonyl (C=O) groups is 1. The SMILES string of the molecule is CC(C)(C)OC(=O)[C@H](Cc1ccc(Cl)cc1)N=C(c1ccccc1)c1ccccc1. The van der Waals surface area contributed by atoms with Gasteiger partial charge in [-0.1, -0.05) is 84.4 Å². The third-order valence-electron chi connectivity index (χ3n) is 4.40. The third kappa shape index (κ3) is 6.30. The fourth-order valence-electron chi connectivity index (χ4n) is 3.06. The molecule has 0 aliphatic heterocycles. The van der Waals surface area contributed by atoms with Crippen molar-refractivity contribution in [3.63, 3.8) is 0 Å². The number of nitrogens with zero attached hydrogens (tertiary/aromatic N) is 1. The van der Waals surface area contributed by atoms with E-state index in [0.29, 0.717) is 11.4 Å². The fraction of sp³-hybridized carbons (Fsp3) is 0.231. The third-order valence-corrected chi connectivity index (χ3v) is 4.65. The second kappa shape index (κ2) is 9.73. The summed E-state index contributed by atoms with van der Waals surface area (Å²) in [6, 6.07) is 26.6. The minimum atomic E-state index is -0.680. The Morgan fingerprint density at radius 1 is 0.867 bits per heavy atom. The maximum absolute atomic E-state index is 13.1. The number of benzene rings is 3. The monoisotopic (exact) mass is 419 g/mol. The second-order valence-electron chi connectivity index (χ2n) is 8.09. The maximum atomic E-state index is 13.1. The number of aliphatic imine (C=N–C) groups is 1. The Balaban J connectivity index is 2.05. The molecule has 0 aliphatic carbocycles. The molecule has 0 saturated heterocycles. The van der Waals surface area contributed by atoms with E-state index >= 15 is 0 Å². The number of esters is 1. The molecule has 3 nitrogen and oxygen atoms in total. The second-order valence-corrected chi connectivity index (χ2v) is 8.53. The Morgan fingerprint density at radius 3 is 1.83 bits per heavy atom. The number of hydrogen-bond donors (Lipinski definition) is 0.